The van der Waals surface area contributed by atoms with Crippen LogP contribution < -0.4 is 5.73 Å². The van der Waals surface area contributed by atoms with Gasteiger partial charge in [-0.05, 0) is 25.3 Å². The molecule has 0 aromatic carbocycles. The number of thioether (sulfide) groups is 1. The van der Waals surface area contributed by atoms with Gasteiger partial charge in [0.05, 0.1) is 10.6 Å². The Balaban J connectivity index is 1.91. The zero-order chi connectivity index (χ0) is 12.3. The summed E-state index contributed by atoms with van der Waals surface area (Å²) >= 11 is 3.44. The highest BCUT2D eigenvalue weighted by molar-refractivity contribution is 7.98. The first-order chi connectivity index (χ1) is 8.04. The molecule has 2 aromatic rings. The lowest BCUT2D eigenvalue weighted by atomic mass is 10.1. The van der Waals surface area contributed by atoms with Crippen LogP contribution in [-0.2, 0) is 5.75 Å². The van der Waals surface area contributed by atoms with Crippen LogP contribution in [0.25, 0.3) is 10.6 Å². The van der Waals surface area contributed by atoms with Gasteiger partial charge in [0.1, 0.15) is 0 Å². The van der Waals surface area contributed by atoms with Crippen molar-refractivity contribution in [2.75, 3.05) is 5.75 Å². The highest BCUT2D eigenvalue weighted by atomic mass is 32.2. The third-order valence-electron chi connectivity index (χ3n) is 2.05. The average Bonchev–Trinajstić information content (AvgIpc) is 2.83. The molecule has 0 radical (unpaired) electrons. The van der Waals surface area contributed by atoms with Crippen LogP contribution in [0.1, 0.15) is 19.5 Å². The second-order valence-electron chi connectivity index (χ2n) is 4.64. The normalized spacial score (nSPS) is 11.9. The van der Waals surface area contributed by atoms with Crippen LogP contribution >= 0.6 is 23.1 Å². The van der Waals surface area contributed by atoms with Crippen LogP contribution in [0.4, 0.5) is 0 Å². The summed E-state index contributed by atoms with van der Waals surface area (Å²) in [5.41, 5.74) is 6.76. The number of aromatic nitrogens is 1. The second kappa shape index (κ2) is 5.25. The van der Waals surface area contributed by atoms with Gasteiger partial charge in [-0.2, -0.15) is 11.8 Å². The molecule has 0 amide bonds. The number of nitrogens with zero attached hydrogens (tertiary/aromatic N) is 1. The summed E-state index contributed by atoms with van der Waals surface area (Å²) in [5.74, 6) is 2.60. The van der Waals surface area contributed by atoms with Crippen molar-refractivity contribution in [2.24, 2.45) is 5.73 Å². The molecule has 0 bridgehead atoms. The SMILES string of the molecule is CC(C)(N)CSCc1cc(-c2cccs2)on1. The van der Waals surface area contributed by atoms with Gasteiger partial charge in [-0.1, -0.05) is 11.2 Å². The van der Waals surface area contributed by atoms with Crippen molar-refractivity contribution in [1.29, 1.82) is 0 Å². The smallest absolute Gasteiger partial charge is 0.177 e. The predicted molar refractivity (Wildman–Crippen MR) is 74.2 cm³/mol. The van der Waals surface area contributed by atoms with E-state index in [1.807, 2.05) is 37.4 Å². The molecule has 0 saturated heterocycles. The van der Waals surface area contributed by atoms with Gasteiger partial charge < -0.3 is 10.3 Å². The van der Waals surface area contributed by atoms with Gasteiger partial charge in [0.25, 0.3) is 0 Å². The molecule has 0 atom stereocenters. The number of rotatable bonds is 5. The molecule has 3 nitrogen and oxygen atoms in total. The molecule has 0 aliphatic carbocycles. The summed E-state index contributed by atoms with van der Waals surface area (Å²) in [6, 6.07) is 6.04. The highest BCUT2D eigenvalue weighted by Crippen LogP contribution is 2.26. The summed E-state index contributed by atoms with van der Waals surface area (Å²) in [7, 11) is 0. The molecule has 0 aliphatic heterocycles. The van der Waals surface area contributed by atoms with E-state index < -0.39 is 0 Å². The fourth-order valence-corrected chi connectivity index (χ4v) is 2.98. The van der Waals surface area contributed by atoms with Crippen LogP contribution in [0.3, 0.4) is 0 Å². The van der Waals surface area contributed by atoms with Crippen molar-refractivity contribution in [3.63, 3.8) is 0 Å². The summed E-state index contributed by atoms with van der Waals surface area (Å²) in [4.78, 5) is 1.12. The quantitative estimate of drug-likeness (QED) is 0.903. The maximum absolute atomic E-state index is 5.92. The minimum absolute atomic E-state index is 0.134. The van der Waals surface area contributed by atoms with E-state index in [4.69, 9.17) is 10.3 Å². The molecular weight excluding hydrogens is 252 g/mol. The fraction of sp³-hybridized carbons (Fsp3) is 0.417. The van der Waals surface area contributed by atoms with Gasteiger partial charge in [-0.15, -0.1) is 11.3 Å². The molecule has 92 valence electrons. The maximum Gasteiger partial charge on any atom is 0.177 e. The van der Waals surface area contributed by atoms with Crippen molar-refractivity contribution in [3.8, 4) is 10.6 Å². The van der Waals surface area contributed by atoms with E-state index >= 15 is 0 Å². The minimum atomic E-state index is -0.134. The average molecular weight is 268 g/mol. The van der Waals surface area contributed by atoms with Crippen molar-refractivity contribution in [1.82, 2.24) is 5.16 Å². The Morgan fingerprint density at radius 3 is 3.00 bits per heavy atom. The Morgan fingerprint density at radius 1 is 1.53 bits per heavy atom. The van der Waals surface area contributed by atoms with Gasteiger partial charge in [-0.3, -0.25) is 0 Å². The van der Waals surface area contributed by atoms with Gasteiger partial charge in [0.2, 0.25) is 0 Å². The number of thiophene rings is 1. The van der Waals surface area contributed by atoms with Crippen LogP contribution in [0, 0.1) is 0 Å². The largest absolute Gasteiger partial charge is 0.355 e. The Labute approximate surface area is 109 Å². The minimum Gasteiger partial charge on any atom is -0.355 e. The molecule has 0 fully saturated rings. The molecular formula is C12H16N2OS2. The first-order valence-corrected chi connectivity index (χ1v) is 7.44. The molecule has 17 heavy (non-hydrogen) atoms. The van der Waals surface area contributed by atoms with E-state index in [0.29, 0.717) is 0 Å². The number of hydrogen-bond acceptors (Lipinski definition) is 5. The summed E-state index contributed by atoms with van der Waals surface area (Å²) in [5, 5.41) is 6.09. The Kier molecular flexibility index (Phi) is 3.91. The third-order valence-corrected chi connectivity index (χ3v) is 4.38. The van der Waals surface area contributed by atoms with Gasteiger partial charge >= 0.3 is 0 Å². The fourth-order valence-electron chi connectivity index (χ4n) is 1.33. The van der Waals surface area contributed by atoms with Crippen molar-refractivity contribution < 1.29 is 4.52 Å². The van der Waals surface area contributed by atoms with E-state index in [9.17, 15) is 0 Å². The van der Waals surface area contributed by atoms with Crippen LogP contribution in [-0.4, -0.2) is 16.4 Å². The van der Waals surface area contributed by atoms with E-state index in [0.717, 1.165) is 27.8 Å². The Morgan fingerprint density at radius 2 is 2.35 bits per heavy atom. The second-order valence-corrected chi connectivity index (χ2v) is 6.57. The lowest BCUT2D eigenvalue weighted by Gasteiger charge is -2.16. The van der Waals surface area contributed by atoms with E-state index in [1.54, 1.807) is 23.1 Å². The third kappa shape index (κ3) is 3.87. The summed E-state index contributed by atoms with van der Waals surface area (Å²) in [6.07, 6.45) is 0. The first-order valence-electron chi connectivity index (χ1n) is 5.41. The monoisotopic (exact) mass is 268 g/mol. The van der Waals surface area contributed by atoms with Crippen LogP contribution in [0.5, 0.6) is 0 Å². The van der Waals surface area contributed by atoms with E-state index in [1.165, 1.54) is 0 Å². The zero-order valence-corrected chi connectivity index (χ0v) is 11.6. The topological polar surface area (TPSA) is 52.0 Å². The molecule has 0 saturated carbocycles. The maximum atomic E-state index is 5.92. The van der Waals surface area contributed by atoms with Gasteiger partial charge in [0.15, 0.2) is 5.76 Å². The lowest BCUT2D eigenvalue weighted by Crippen LogP contribution is -2.34. The molecule has 0 spiro atoms. The van der Waals surface area contributed by atoms with Gasteiger partial charge in [0, 0.05) is 23.1 Å². The molecule has 5 heteroatoms. The molecule has 2 heterocycles. The predicted octanol–water partition coefficient (Wildman–Crippen LogP) is 3.37. The van der Waals surface area contributed by atoms with Crippen molar-refractivity contribution >= 4 is 23.1 Å². The van der Waals surface area contributed by atoms with E-state index in [-0.39, 0.29) is 5.54 Å². The summed E-state index contributed by atoms with van der Waals surface area (Å²) < 4.78 is 5.31. The Bertz CT molecular complexity index is 457. The first kappa shape index (κ1) is 12.7. The highest BCUT2D eigenvalue weighted by Gasteiger charge is 2.12. The standard InChI is InChI=1S/C12H16N2OS2/c1-12(2,13)8-16-7-9-6-10(15-14-9)11-4-3-5-17-11/h3-6H,7-8,13H2,1-2H3. The van der Waals surface area contributed by atoms with Gasteiger partial charge in [-0.25, -0.2) is 0 Å². The molecule has 0 aliphatic rings. The van der Waals surface area contributed by atoms with Crippen LogP contribution in [0.15, 0.2) is 28.1 Å². The van der Waals surface area contributed by atoms with Crippen molar-refractivity contribution in [3.05, 3.63) is 29.3 Å². The number of hydrogen-bond donors (Lipinski definition) is 1. The van der Waals surface area contributed by atoms with Crippen LogP contribution in [0.2, 0.25) is 0 Å². The molecule has 2 rings (SSSR count). The number of nitrogens with two attached hydrogens (primary N) is 1. The zero-order valence-electron chi connectivity index (χ0n) is 9.97. The lowest BCUT2D eigenvalue weighted by molar-refractivity contribution is 0.427. The van der Waals surface area contributed by atoms with E-state index in [2.05, 4.69) is 5.16 Å². The molecule has 0 unspecified atom stereocenters. The Hall–Kier alpha value is -0.780. The molecule has 2 aromatic heterocycles. The van der Waals surface area contributed by atoms with Crippen molar-refractivity contribution in [2.45, 2.75) is 25.1 Å². The molecule has 2 N–H and O–H groups in total. The summed E-state index contributed by atoms with van der Waals surface area (Å²) in [6.45, 7) is 4.06.